The minimum absolute atomic E-state index is 0.461. The molecule has 0 saturated carbocycles. The van der Waals surface area contributed by atoms with Gasteiger partial charge in [0.1, 0.15) is 5.82 Å². The molecule has 0 amide bonds. The van der Waals surface area contributed by atoms with E-state index in [9.17, 15) is 0 Å². The van der Waals surface area contributed by atoms with Crippen LogP contribution in [0, 0.1) is 0 Å². The first-order valence-corrected chi connectivity index (χ1v) is 6.71. The maximum atomic E-state index is 5.13. The van der Waals surface area contributed by atoms with Gasteiger partial charge in [0.05, 0.1) is 12.3 Å². The molecular formula is C15H25N3O. The monoisotopic (exact) mass is 263 g/mol. The Kier molecular flexibility index (Phi) is 7.15. The molecule has 0 aliphatic rings. The second kappa shape index (κ2) is 8.67. The van der Waals surface area contributed by atoms with Gasteiger partial charge in [-0.3, -0.25) is 0 Å². The van der Waals surface area contributed by atoms with E-state index in [1.54, 1.807) is 7.11 Å². The number of nitrogens with zero attached hydrogens (tertiary/aromatic N) is 2. The minimum Gasteiger partial charge on any atom is -0.383 e. The van der Waals surface area contributed by atoms with E-state index in [-0.39, 0.29) is 0 Å². The number of hydrogen-bond donors (Lipinski definition) is 1. The molecule has 1 aromatic rings. The van der Waals surface area contributed by atoms with Crippen molar-refractivity contribution >= 4 is 5.82 Å². The number of pyridine rings is 1. The summed E-state index contributed by atoms with van der Waals surface area (Å²) in [7, 11) is 1.71. The highest BCUT2D eigenvalue weighted by molar-refractivity contribution is 5.40. The zero-order chi connectivity index (χ0) is 14.1. The molecule has 0 aromatic carbocycles. The van der Waals surface area contributed by atoms with Crippen LogP contribution in [-0.4, -0.2) is 37.8 Å². The molecule has 0 atom stereocenters. The van der Waals surface area contributed by atoms with Crippen LogP contribution in [0.4, 0.5) is 5.82 Å². The number of aromatic nitrogens is 1. The lowest BCUT2D eigenvalue weighted by Crippen LogP contribution is -2.29. The Morgan fingerprint density at radius 2 is 2.26 bits per heavy atom. The lowest BCUT2D eigenvalue weighted by atomic mass is 10.3. The number of methoxy groups -OCH3 is 1. The first-order chi connectivity index (χ1) is 9.17. The Labute approximate surface area is 116 Å². The van der Waals surface area contributed by atoms with Gasteiger partial charge in [-0.05, 0) is 12.1 Å². The van der Waals surface area contributed by atoms with Crippen molar-refractivity contribution in [1.29, 1.82) is 0 Å². The summed E-state index contributed by atoms with van der Waals surface area (Å²) >= 11 is 0. The van der Waals surface area contributed by atoms with Crippen molar-refractivity contribution in [3.05, 3.63) is 36.5 Å². The lowest BCUT2D eigenvalue weighted by molar-refractivity contribution is 0.205. The molecule has 106 valence electrons. The van der Waals surface area contributed by atoms with Gasteiger partial charge in [0.15, 0.2) is 0 Å². The van der Waals surface area contributed by atoms with E-state index in [0.717, 1.165) is 31.1 Å². The van der Waals surface area contributed by atoms with Crippen LogP contribution in [0.1, 0.15) is 19.5 Å². The molecule has 1 N–H and O–H groups in total. The molecule has 19 heavy (non-hydrogen) atoms. The van der Waals surface area contributed by atoms with Crippen molar-refractivity contribution in [3.63, 3.8) is 0 Å². The van der Waals surface area contributed by atoms with Crippen LogP contribution in [0.15, 0.2) is 30.9 Å². The van der Waals surface area contributed by atoms with Gasteiger partial charge in [0.25, 0.3) is 0 Å². The summed E-state index contributed by atoms with van der Waals surface area (Å²) in [6, 6.07) is 6.57. The number of hydrogen-bond acceptors (Lipinski definition) is 4. The standard InChI is InChI=1S/C15H25N3O/c1-5-9-18(10-11-19-4)15-8-6-7-14(17-15)12-16-13(2)3/h5-8,13,16H,1,9-12H2,2-4H3. The minimum atomic E-state index is 0.461. The molecule has 1 heterocycles. The molecule has 1 rings (SSSR count). The van der Waals surface area contributed by atoms with Crippen molar-refractivity contribution in [3.8, 4) is 0 Å². The Morgan fingerprint density at radius 1 is 1.47 bits per heavy atom. The highest BCUT2D eigenvalue weighted by Gasteiger charge is 2.07. The SMILES string of the molecule is C=CCN(CCOC)c1cccc(CNC(C)C)n1. The fourth-order valence-electron chi connectivity index (χ4n) is 1.71. The maximum Gasteiger partial charge on any atom is 0.129 e. The van der Waals surface area contributed by atoms with E-state index < -0.39 is 0 Å². The third-order valence-electron chi connectivity index (χ3n) is 2.72. The maximum absolute atomic E-state index is 5.13. The van der Waals surface area contributed by atoms with Crippen molar-refractivity contribution < 1.29 is 4.74 Å². The van der Waals surface area contributed by atoms with Crippen LogP contribution < -0.4 is 10.2 Å². The number of nitrogens with one attached hydrogen (secondary N) is 1. The van der Waals surface area contributed by atoms with Gasteiger partial charge < -0.3 is 15.0 Å². The van der Waals surface area contributed by atoms with E-state index in [0.29, 0.717) is 12.6 Å². The highest BCUT2D eigenvalue weighted by Crippen LogP contribution is 2.11. The van der Waals surface area contributed by atoms with Crippen LogP contribution >= 0.6 is 0 Å². The first-order valence-electron chi connectivity index (χ1n) is 6.71. The summed E-state index contributed by atoms with van der Waals surface area (Å²) in [4.78, 5) is 6.84. The van der Waals surface area contributed by atoms with Crippen LogP contribution in [0.3, 0.4) is 0 Å². The second-order valence-electron chi connectivity index (χ2n) is 4.75. The zero-order valence-corrected chi connectivity index (χ0v) is 12.2. The van der Waals surface area contributed by atoms with Crippen molar-refractivity contribution in [2.75, 3.05) is 31.7 Å². The summed E-state index contributed by atoms with van der Waals surface area (Å²) < 4.78 is 5.13. The van der Waals surface area contributed by atoms with E-state index in [2.05, 4.69) is 35.6 Å². The Morgan fingerprint density at radius 3 is 2.89 bits per heavy atom. The van der Waals surface area contributed by atoms with Crippen molar-refractivity contribution in [2.45, 2.75) is 26.4 Å². The van der Waals surface area contributed by atoms with E-state index in [1.165, 1.54) is 0 Å². The third kappa shape index (κ3) is 5.85. The summed E-state index contributed by atoms with van der Waals surface area (Å²) in [5, 5.41) is 3.38. The lowest BCUT2D eigenvalue weighted by Gasteiger charge is -2.22. The van der Waals surface area contributed by atoms with E-state index in [4.69, 9.17) is 4.74 Å². The predicted molar refractivity (Wildman–Crippen MR) is 80.5 cm³/mol. The molecule has 0 unspecified atom stereocenters. The Balaban J connectivity index is 2.72. The highest BCUT2D eigenvalue weighted by atomic mass is 16.5. The van der Waals surface area contributed by atoms with E-state index >= 15 is 0 Å². The Bertz CT molecular complexity index is 379. The molecule has 0 aliphatic carbocycles. The van der Waals surface area contributed by atoms with Crippen LogP contribution in [0.5, 0.6) is 0 Å². The van der Waals surface area contributed by atoms with Crippen LogP contribution in [0.25, 0.3) is 0 Å². The second-order valence-corrected chi connectivity index (χ2v) is 4.75. The van der Waals surface area contributed by atoms with Crippen molar-refractivity contribution in [1.82, 2.24) is 10.3 Å². The van der Waals surface area contributed by atoms with Gasteiger partial charge >= 0.3 is 0 Å². The molecule has 0 radical (unpaired) electrons. The molecule has 0 bridgehead atoms. The molecule has 1 aromatic heterocycles. The van der Waals surface area contributed by atoms with Gasteiger partial charge in [-0.15, -0.1) is 6.58 Å². The number of ether oxygens (including phenoxy) is 1. The molecular weight excluding hydrogens is 238 g/mol. The number of rotatable bonds is 9. The molecule has 0 fully saturated rings. The van der Waals surface area contributed by atoms with Crippen LogP contribution in [0.2, 0.25) is 0 Å². The molecule has 0 aliphatic heterocycles. The number of anilines is 1. The Hall–Kier alpha value is -1.39. The first kappa shape index (κ1) is 15.7. The smallest absolute Gasteiger partial charge is 0.129 e. The molecule has 0 spiro atoms. The largest absolute Gasteiger partial charge is 0.383 e. The van der Waals surface area contributed by atoms with Gasteiger partial charge in [-0.25, -0.2) is 4.98 Å². The third-order valence-corrected chi connectivity index (χ3v) is 2.72. The van der Waals surface area contributed by atoms with E-state index in [1.807, 2.05) is 24.3 Å². The zero-order valence-electron chi connectivity index (χ0n) is 12.2. The molecule has 4 heteroatoms. The summed E-state index contributed by atoms with van der Waals surface area (Å²) in [5.74, 6) is 0.972. The van der Waals surface area contributed by atoms with Gasteiger partial charge in [0, 0.05) is 32.8 Å². The molecule has 0 saturated heterocycles. The normalized spacial score (nSPS) is 10.7. The average Bonchev–Trinajstić information content (AvgIpc) is 2.41. The van der Waals surface area contributed by atoms with Gasteiger partial charge in [-0.1, -0.05) is 26.0 Å². The fourth-order valence-corrected chi connectivity index (χ4v) is 1.71. The average molecular weight is 263 g/mol. The van der Waals surface area contributed by atoms with Gasteiger partial charge in [0.2, 0.25) is 0 Å². The summed E-state index contributed by atoms with van der Waals surface area (Å²) in [6.07, 6.45) is 1.89. The van der Waals surface area contributed by atoms with Gasteiger partial charge in [-0.2, -0.15) is 0 Å². The van der Waals surface area contributed by atoms with Crippen molar-refractivity contribution in [2.24, 2.45) is 0 Å². The summed E-state index contributed by atoms with van der Waals surface area (Å²) in [6.45, 7) is 11.1. The topological polar surface area (TPSA) is 37.4 Å². The predicted octanol–water partition coefficient (Wildman–Crippen LogP) is 2.22. The molecule has 4 nitrogen and oxygen atoms in total. The van der Waals surface area contributed by atoms with Crippen LogP contribution in [-0.2, 0) is 11.3 Å². The quantitative estimate of drug-likeness (QED) is 0.693. The fraction of sp³-hybridized carbons (Fsp3) is 0.533. The summed E-state index contributed by atoms with van der Waals surface area (Å²) in [5.41, 5.74) is 1.05.